The van der Waals surface area contributed by atoms with Gasteiger partial charge in [0.05, 0.1) is 25.3 Å². The van der Waals surface area contributed by atoms with Crippen LogP contribution in [0.15, 0.2) is 18.2 Å². The highest BCUT2D eigenvalue weighted by atomic mass is 16.5. The second kappa shape index (κ2) is 5.72. The maximum atomic E-state index is 13.0. The number of fused-ring (bicyclic) bond motifs is 4. The molecule has 1 spiro atoms. The quantitative estimate of drug-likeness (QED) is 0.894. The number of likely N-dealkylation sites (tertiary alicyclic amines) is 1. The van der Waals surface area contributed by atoms with Gasteiger partial charge < -0.3 is 24.2 Å². The van der Waals surface area contributed by atoms with Crippen LogP contribution in [0.1, 0.15) is 30.1 Å². The third kappa shape index (κ3) is 2.29. The molecule has 1 aromatic carbocycles. The smallest absolute Gasteiger partial charge is 0.226 e. The van der Waals surface area contributed by atoms with Crippen molar-refractivity contribution >= 4 is 16.8 Å². The average molecular weight is 369 g/mol. The van der Waals surface area contributed by atoms with E-state index >= 15 is 0 Å². The number of rotatable bonds is 3. The molecule has 0 bridgehead atoms. The number of hydrogen-bond donors (Lipinski definition) is 1. The number of likely N-dealkylation sites (N-methyl/N-ethyl adjacent to an activating group) is 1. The summed E-state index contributed by atoms with van der Waals surface area (Å²) in [5.74, 6) is 1.20. The van der Waals surface area contributed by atoms with Crippen molar-refractivity contribution in [3.8, 4) is 5.75 Å². The van der Waals surface area contributed by atoms with Gasteiger partial charge in [-0.3, -0.25) is 4.79 Å². The fourth-order valence-electron chi connectivity index (χ4n) is 5.40. The Morgan fingerprint density at radius 1 is 1.26 bits per heavy atom. The zero-order valence-electron chi connectivity index (χ0n) is 16.2. The first kappa shape index (κ1) is 17.1. The molecule has 27 heavy (non-hydrogen) atoms. The largest absolute Gasteiger partial charge is 0.497 e. The number of carbonyl (C=O) groups is 1. The molecule has 1 saturated carbocycles. The number of aliphatic hydroxyl groups excluding tert-OH is 1. The van der Waals surface area contributed by atoms with E-state index in [1.165, 1.54) is 10.9 Å². The Bertz CT molecular complexity index is 924. The van der Waals surface area contributed by atoms with E-state index in [1.54, 1.807) is 7.11 Å². The molecule has 1 amide bonds. The Morgan fingerprint density at radius 2 is 2.00 bits per heavy atom. The van der Waals surface area contributed by atoms with Crippen molar-refractivity contribution in [2.24, 2.45) is 13.0 Å². The molecule has 1 saturated heterocycles. The summed E-state index contributed by atoms with van der Waals surface area (Å²) in [5.41, 5.74) is 3.47. The van der Waals surface area contributed by atoms with Crippen molar-refractivity contribution < 1.29 is 14.6 Å². The summed E-state index contributed by atoms with van der Waals surface area (Å²) in [5, 5.41) is 11.5. The zero-order valence-corrected chi connectivity index (χ0v) is 16.2. The van der Waals surface area contributed by atoms with Crippen LogP contribution in [-0.4, -0.2) is 65.8 Å². The minimum Gasteiger partial charge on any atom is -0.497 e. The SMILES string of the molecule is COc1ccc2c3c(n(C)c2c1)[C@H](CO)N(C(=O)C1CC1)CC31CN(C)C1. The van der Waals surface area contributed by atoms with E-state index in [-0.39, 0.29) is 29.9 Å². The molecular weight excluding hydrogens is 342 g/mol. The van der Waals surface area contributed by atoms with Crippen LogP contribution in [-0.2, 0) is 17.3 Å². The Balaban J connectivity index is 1.73. The number of aromatic nitrogens is 1. The predicted octanol–water partition coefficient (Wildman–Crippen LogP) is 1.66. The van der Waals surface area contributed by atoms with Gasteiger partial charge in [0.25, 0.3) is 0 Å². The van der Waals surface area contributed by atoms with Gasteiger partial charge in [-0.05, 0) is 37.6 Å². The monoisotopic (exact) mass is 369 g/mol. The lowest BCUT2D eigenvalue weighted by molar-refractivity contribution is -0.140. The fourth-order valence-corrected chi connectivity index (χ4v) is 5.40. The average Bonchev–Trinajstić information content (AvgIpc) is 3.45. The summed E-state index contributed by atoms with van der Waals surface area (Å²) in [6, 6.07) is 5.94. The van der Waals surface area contributed by atoms with Crippen LogP contribution in [0.2, 0.25) is 0 Å². The highest BCUT2D eigenvalue weighted by Gasteiger charge is 2.54. The minimum absolute atomic E-state index is 0.0430. The summed E-state index contributed by atoms with van der Waals surface area (Å²) in [4.78, 5) is 17.3. The number of aliphatic hydroxyl groups is 1. The topological polar surface area (TPSA) is 57.9 Å². The number of aryl methyl sites for hydroxylation is 1. The van der Waals surface area contributed by atoms with Crippen LogP contribution in [0.4, 0.5) is 0 Å². The van der Waals surface area contributed by atoms with Crippen LogP contribution < -0.4 is 4.74 Å². The molecule has 144 valence electrons. The molecule has 0 unspecified atom stereocenters. The molecule has 2 aliphatic heterocycles. The molecule has 2 fully saturated rings. The van der Waals surface area contributed by atoms with Gasteiger partial charge in [0.15, 0.2) is 0 Å². The molecule has 6 heteroatoms. The highest BCUT2D eigenvalue weighted by molar-refractivity contribution is 5.90. The molecule has 3 heterocycles. The van der Waals surface area contributed by atoms with E-state index in [0.717, 1.165) is 42.9 Å². The zero-order chi connectivity index (χ0) is 18.9. The van der Waals surface area contributed by atoms with E-state index in [9.17, 15) is 9.90 Å². The molecule has 1 N–H and O–H groups in total. The predicted molar refractivity (Wildman–Crippen MR) is 103 cm³/mol. The molecule has 6 nitrogen and oxygen atoms in total. The summed E-state index contributed by atoms with van der Waals surface area (Å²) >= 11 is 0. The Labute approximate surface area is 159 Å². The second-order valence-corrected chi connectivity index (χ2v) is 8.59. The first-order valence-electron chi connectivity index (χ1n) is 9.76. The molecular formula is C21H27N3O3. The first-order valence-corrected chi connectivity index (χ1v) is 9.76. The number of amides is 1. The Kier molecular flexibility index (Phi) is 3.62. The van der Waals surface area contributed by atoms with Crippen LogP contribution in [0, 0.1) is 5.92 Å². The van der Waals surface area contributed by atoms with Crippen LogP contribution in [0.25, 0.3) is 10.9 Å². The molecule has 0 radical (unpaired) electrons. The Hall–Kier alpha value is -2.05. The molecule has 1 aromatic heterocycles. The number of carbonyl (C=O) groups excluding carboxylic acids is 1. The van der Waals surface area contributed by atoms with Gasteiger partial charge in [0.2, 0.25) is 5.91 Å². The van der Waals surface area contributed by atoms with Crippen molar-refractivity contribution in [3.63, 3.8) is 0 Å². The van der Waals surface area contributed by atoms with E-state index < -0.39 is 0 Å². The summed E-state index contributed by atoms with van der Waals surface area (Å²) < 4.78 is 7.60. The maximum Gasteiger partial charge on any atom is 0.226 e. The fraction of sp³-hybridized carbons (Fsp3) is 0.571. The van der Waals surface area contributed by atoms with Crippen LogP contribution in [0.5, 0.6) is 5.75 Å². The van der Waals surface area contributed by atoms with Gasteiger partial charge in [-0.25, -0.2) is 0 Å². The number of nitrogens with zero attached hydrogens (tertiary/aromatic N) is 3. The van der Waals surface area contributed by atoms with Gasteiger partial charge in [-0.2, -0.15) is 0 Å². The summed E-state index contributed by atoms with van der Waals surface area (Å²) in [6.07, 6.45) is 1.97. The van der Waals surface area contributed by atoms with E-state index in [4.69, 9.17) is 4.74 Å². The second-order valence-electron chi connectivity index (χ2n) is 8.59. The lowest BCUT2D eigenvalue weighted by Gasteiger charge is -2.55. The van der Waals surface area contributed by atoms with E-state index in [1.807, 2.05) is 18.0 Å². The molecule has 5 rings (SSSR count). The van der Waals surface area contributed by atoms with E-state index in [0.29, 0.717) is 6.54 Å². The molecule has 1 aliphatic carbocycles. The summed E-state index contributed by atoms with van der Waals surface area (Å²) in [6.45, 7) is 2.55. The van der Waals surface area contributed by atoms with Gasteiger partial charge in [-0.1, -0.05) is 0 Å². The number of methoxy groups -OCH3 is 1. The third-order valence-corrected chi connectivity index (χ3v) is 6.68. The van der Waals surface area contributed by atoms with Crippen LogP contribution >= 0.6 is 0 Å². The molecule has 1 atom stereocenters. The van der Waals surface area contributed by atoms with Crippen molar-refractivity contribution in [1.29, 1.82) is 0 Å². The number of ether oxygens (including phenoxy) is 1. The normalized spacial score (nSPS) is 24.1. The van der Waals surface area contributed by atoms with Crippen molar-refractivity contribution in [2.75, 3.05) is 40.4 Å². The lowest BCUT2D eigenvalue weighted by atomic mass is 9.69. The lowest BCUT2D eigenvalue weighted by Crippen LogP contribution is -2.66. The van der Waals surface area contributed by atoms with Crippen molar-refractivity contribution in [1.82, 2.24) is 14.4 Å². The van der Waals surface area contributed by atoms with Crippen molar-refractivity contribution in [2.45, 2.75) is 24.3 Å². The molecule has 3 aliphatic rings. The van der Waals surface area contributed by atoms with Crippen molar-refractivity contribution in [3.05, 3.63) is 29.5 Å². The number of benzene rings is 1. The Morgan fingerprint density at radius 3 is 2.59 bits per heavy atom. The third-order valence-electron chi connectivity index (χ3n) is 6.68. The van der Waals surface area contributed by atoms with Gasteiger partial charge in [-0.15, -0.1) is 0 Å². The van der Waals surface area contributed by atoms with Gasteiger partial charge >= 0.3 is 0 Å². The van der Waals surface area contributed by atoms with Gasteiger partial charge in [0, 0.05) is 55.2 Å². The number of hydrogen-bond acceptors (Lipinski definition) is 4. The minimum atomic E-state index is -0.270. The highest BCUT2D eigenvalue weighted by Crippen LogP contribution is 2.50. The first-order chi connectivity index (χ1) is 13.0. The summed E-state index contributed by atoms with van der Waals surface area (Å²) in [7, 11) is 5.85. The standard InChI is InChI=1S/C21H27N3O3/c1-22-10-21(11-22)12-24(20(26)13-4-5-13)17(9-25)19-18(21)15-7-6-14(27-3)8-16(15)23(19)2/h6-8,13,17,25H,4-5,9-12H2,1-3H3/t17-/m0/s1. The van der Waals surface area contributed by atoms with E-state index in [2.05, 4.69) is 28.6 Å². The maximum absolute atomic E-state index is 13.0. The molecule has 2 aromatic rings. The van der Waals surface area contributed by atoms with Crippen LogP contribution in [0.3, 0.4) is 0 Å². The van der Waals surface area contributed by atoms with Gasteiger partial charge in [0.1, 0.15) is 5.75 Å².